The topological polar surface area (TPSA) is 63.5 Å². The number of thioether (sulfide) groups is 1. The molecule has 5 nitrogen and oxygen atoms in total. The maximum atomic E-state index is 12.7. The molecule has 0 aliphatic rings. The van der Waals surface area contributed by atoms with E-state index in [1.807, 2.05) is 67.8 Å². The largest absolute Gasteiger partial charge is 0.321 e. The van der Waals surface area contributed by atoms with Crippen molar-refractivity contribution in [3.63, 3.8) is 0 Å². The monoisotopic (exact) mass is 421 g/mol. The Morgan fingerprint density at radius 2 is 1.90 bits per heavy atom. The summed E-state index contributed by atoms with van der Waals surface area (Å²) in [5, 5.41) is 4.93. The number of thiazole rings is 1. The number of rotatable bonds is 5. The zero-order valence-corrected chi connectivity index (χ0v) is 17.6. The van der Waals surface area contributed by atoms with Crippen molar-refractivity contribution in [2.45, 2.75) is 24.5 Å². The molecule has 1 N–H and O–H groups in total. The molecule has 146 valence electrons. The van der Waals surface area contributed by atoms with Gasteiger partial charge in [-0.3, -0.25) is 14.0 Å². The van der Waals surface area contributed by atoms with E-state index < -0.39 is 0 Å². The van der Waals surface area contributed by atoms with Gasteiger partial charge in [0, 0.05) is 33.4 Å². The Morgan fingerprint density at radius 1 is 1.14 bits per heavy atom. The third-order valence-corrected chi connectivity index (χ3v) is 6.58. The number of hydrogen-bond acceptors (Lipinski definition) is 5. The molecule has 4 rings (SSSR count). The van der Waals surface area contributed by atoms with Crippen molar-refractivity contribution in [3.8, 4) is 0 Å². The van der Waals surface area contributed by atoms with Crippen LogP contribution in [0.1, 0.15) is 27.3 Å². The van der Waals surface area contributed by atoms with Crippen LogP contribution in [0.25, 0.3) is 4.96 Å². The summed E-state index contributed by atoms with van der Waals surface area (Å²) in [6, 6.07) is 16.7. The zero-order chi connectivity index (χ0) is 20.4. The standard InChI is InChI=1S/C22H19N3O2S2/c1-14-7-3-4-8-17(14)21(27)24-18-9-5-6-10-19(18)28-13-16-11-20(26)25-15(2)12-29-22(25)23-16/h3-12H,13H2,1-2H3,(H,24,27). The molecule has 2 aromatic heterocycles. The molecule has 0 aliphatic carbocycles. The molecule has 0 saturated heterocycles. The highest BCUT2D eigenvalue weighted by molar-refractivity contribution is 7.98. The summed E-state index contributed by atoms with van der Waals surface area (Å²) in [4.78, 5) is 31.3. The molecular formula is C22H19N3O2S2. The molecule has 0 spiro atoms. The molecular weight excluding hydrogens is 402 g/mol. The second kappa shape index (κ2) is 8.23. The fourth-order valence-electron chi connectivity index (χ4n) is 3.04. The van der Waals surface area contributed by atoms with Crippen molar-refractivity contribution >= 4 is 39.7 Å². The SMILES string of the molecule is Cc1ccccc1C(=O)Nc1ccccc1SCc1cc(=O)n2c(C)csc2n1. The van der Waals surface area contributed by atoms with Crippen LogP contribution >= 0.6 is 23.1 Å². The van der Waals surface area contributed by atoms with Gasteiger partial charge >= 0.3 is 0 Å². The Hall–Kier alpha value is -2.90. The van der Waals surface area contributed by atoms with Crippen LogP contribution in [0.3, 0.4) is 0 Å². The molecule has 7 heteroatoms. The van der Waals surface area contributed by atoms with E-state index in [1.54, 1.807) is 22.2 Å². The number of fused-ring (bicyclic) bond motifs is 1. The predicted molar refractivity (Wildman–Crippen MR) is 119 cm³/mol. The van der Waals surface area contributed by atoms with Crippen LogP contribution in [0.4, 0.5) is 5.69 Å². The van der Waals surface area contributed by atoms with Crippen molar-refractivity contribution in [2.75, 3.05) is 5.32 Å². The Bertz CT molecular complexity index is 1260. The summed E-state index contributed by atoms with van der Waals surface area (Å²) in [6.07, 6.45) is 0. The van der Waals surface area contributed by atoms with Crippen LogP contribution < -0.4 is 10.9 Å². The number of carbonyl (C=O) groups is 1. The summed E-state index contributed by atoms with van der Waals surface area (Å²) in [5.41, 5.74) is 3.88. The van der Waals surface area contributed by atoms with Crippen LogP contribution in [0.15, 0.2) is 69.7 Å². The fraction of sp³-hybridized carbons (Fsp3) is 0.136. The number of aryl methyl sites for hydroxylation is 2. The Kier molecular flexibility index (Phi) is 5.51. The molecule has 0 radical (unpaired) electrons. The lowest BCUT2D eigenvalue weighted by atomic mass is 10.1. The van der Waals surface area contributed by atoms with Gasteiger partial charge in [0.25, 0.3) is 11.5 Å². The fourth-order valence-corrected chi connectivity index (χ4v) is 4.83. The van der Waals surface area contributed by atoms with Gasteiger partial charge in [0.1, 0.15) is 0 Å². The van der Waals surface area contributed by atoms with Gasteiger partial charge in [0.15, 0.2) is 4.96 Å². The van der Waals surface area contributed by atoms with Crippen molar-refractivity contribution in [1.29, 1.82) is 0 Å². The van der Waals surface area contributed by atoms with Gasteiger partial charge in [-0.25, -0.2) is 4.98 Å². The highest BCUT2D eigenvalue weighted by Gasteiger charge is 2.12. The van der Waals surface area contributed by atoms with E-state index in [1.165, 1.54) is 11.3 Å². The summed E-state index contributed by atoms with van der Waals surface area (Å²) in [6.45, 7) is 3.82. The van der Waals surface area contributed by atoms with E-state index in [4.69, 9.17) is 0 Å². The van der Waals surface area contributed by atoms with E-state index in [0.717, 1.165) is 27.5 Å². The number of nitrogens with zero attached hydrogens (tertiary/aromatic N) is 2. The molecule has 2 heterocycles. The quantitative estimate of drug-likeness (QED) is 0.465. The molecule has 0 unspecified atom stereocenters. The van der Waals surface area contributed by atoms with Gasteiger partial charge < -0.3 is 5.32 Å². The normalized spacial score (nSPS) is 11.0. The van der Waals surface area contributed by atoms with Crippen LogP contribution in [0.5, 0.6) is 0 Å². The van der Waals surface area contributed by atoms with Gasteiger partial charge in [-0.2, -0.15) is 0 Å². The Balaban J connectivity index is 1.54. The third kappa shape index (κ3) is 4.11. The van der Waals surface area contributed by atoms with Crippen LogP contribution in [-0.2, 0) is 5.75 Å². The Labute approximate surface area is 176 Å². The highest BCUT2D eigenvalue weighted by atomic mass is 32.2. The Morgan fingerprint density at radius 3 is 2.72 bits per heavy atom. The summed E-state index contributed by atoms with van der Waals surface area (Å²) in [7, 11) is 0. The first-order chi connectivity index (χ1) is 14.0. The molecule has 0 atom stereocenters. The second-order valence-electron chi connectivity index (χ2n) is 6.63. The number of aromatic nitrogens is 2. The molecule has 1 amide bonds. The van der Waals surface area contributed by atoms with E-state index in [2.05, 4.69) is 10.3 Å². The first kappa shape index (κ1) is 19.4. The van der Waals surface area contributed by atoms with Crippen molar-refractivity contribution in [2.24, 2.45) is 0 Å². The average molecular weight is 422 g/mol. The smallest absolute Gasteiger partial charge is 0.258 e. The maximum Gasteiger partial charge on any atom is 0.258 e. The number of amides is 1. The van der Waals surface area contributed by atoms with E-state index in [-0.39, 0.29) is 11.5 Å². The first-order valence-corrected chi connectivity index (χ1v) is 10.9. The summed E-state index contributed by atoms with van der Waals surface area (Å²) >= 11 is 3.00. The molecule has 0 saturated carbocycles. The minimum absolute atomic E-state index is 0.0644. The minimum atomic E-state index is -0.136. The van der Waals surface area contributed by atoms with Crippen molar-refractivity contribution in [3.05, 3.63) is 92.8 Å². The molecule has 0 fully saturated rings. The highest BCUT2D eigenvalue weighted by Crippen LogP contribution is 2.30. The number of benzene rings is 2. The third-order valence-electron chi connectivity index (χ3n) is 4.53. The lowest BCUT2D eigenvalue weighted by molar-refractivity contribution is 0.102. The van der Waals surface area contributed by atoms with Crippen molar-refractivity contribution in [1.82, 2.24) is 9.38 Å². The van der Waals surface area contributed by atoms with E-state index in [9.17, 15) is 9.59 Å². The number of hydrogen-bond donors (Lipinski definition) is 1. The summed E-state index contributed by atoms with van der Waals surface area (Å²) in [5.74, 6) is 0.405. The number of anilines is 1. The lowest BCUT2D eigenvalue weighted by Gasteiger charge is -2.12. The molecule has 4 aromatic rings. The van der Waals surface area contributed by atoms with Crippen LogP contribution in [-0.4, -0.2) is 15.3 Å². The van der Waals surface area contributed by atoms with Gasteiger partial charge in [0.2, 0.25) is 0 Å². The zero-order valence-electron chi connectivity index (χ0n) is 16.0. The maximum absolute atomic E-state index is 12.7. The van der Waals surface area contributed by atoms with Crippen LogP contribution in [0.2, 0.25) is 0 Å². The molecule has 29 heavy (non-hydrogen) atoms. The van der Waals surface area contributed by atoms with E-state index >= 15 is 0 Å². The van der Waals surface area contributed by atoms with Gasteiger partial charge in [-0.1, -0.05) is 30.3 Å². The van der Waals surface area contributed by atoms with Gasteiger partial charge in [-0.05, 0) is 37.6 Å². The van der Waals surface area contributed by atoms with Crippen LogP contribution in [0, 0.1) is 13.8 Å². The average Bonchev–Trinajstić information content (AvgIpc) is 3.09. The lowest BCUT2D eigenvalue weighted by Crippen LogP contribution is -2.15. The number of carbonyl (C=O) groups excluding carboxylic acids is 1. The second-order valence-corrected chi connectivity index (χ2v) is 8.49. The number of para-hydroxylation sites is 1. The molecule has 0 bridgehead atoms. The van der Waals surface area contributed by atoms with Crippen molar-refractivity contribution < 1.29 is 4.79 Å². The van der Waals surface area contributed by atoms with E-state index in [0.29, 0.717) is 16.3 Å². The minimum Gasteiger partial charge on any atom is -0.321 e. The summed E-state index contributed by atoms with van der Waals surface area (Å²) < 4.78 is 1.62. The van der Waals surface area contributed by atoms with Gasteiger partial charge in [0.05, 0.1) is 11.4 Å². The molecule has 0 aliphatic heterocycles. The predicted octanol–water partition coefficient (Wildman–Crippen LogP) is 4.92. The van der Waals surface area contributed by atoms with Gasteiger partial charge in [-0.15, -0.1) is 23.1 Å². The number of nitrogens with one attached hydrogen (secondary N) is 1. The first-order valence-electron chi connectivity index (χ1n) is 9.08. The molecule has 2 aromatic carbocycles.